The summed E-state index contributed by atoms with van der Waals surface area (Å²) in [5.41, 5.74) is 3.55. The topological polar surface area (TPSA) is 18.8 Å². The van der Waals surface area contributed by atoms with E-state index >= 15 is 0 Å². The van der Waals surface area contributed by atoms with Gasteiger partial charge < -0.3 is 4.90 Å². The molecule has 0 aromatic heterocycles. The van der Waals surface area contributed by atoms with Crippen LogP contribution in [0.2, 0.25) is 0 Å². The minimum Gasteiger partial charge on any atom is -0.304 e. The number of benzene rings is 2. The summed E-state index contributed by atoms with van der Waals surface area (Å²) in [6.07, 6.45) is 5.96. The lowest BCUT2D eigenvalue weighted by Crippen LogP contribution is -2.43. The van der Waals surface area contributed by atoms with Crippen LogP contribution in [0.1, 0.15) is 11.1 Å². The van der Waals surface area contributed by atoms with Crippen molar-refractivity contribution < 1.29 is 0 Å². The summed E-state index contributed by atoms with van der Waals surface area (Å²) in [5, 5.41) is 0. The molecule has 0 radical (unpaired) electrons. The first-order valence-corrected chi connectivity index (χ1v) is 8.56. The molecule has 0 amide bonds. The van der Waals surface area contributed by atoms with Crippen molar-refractivity contribution in [2.75, 3.05) is 33.2 Å². The van der Waals surface area contributed by atoms with Crippen molar-refractivity contribution in [3.63, 3.8) is 0 Å². The molecule has 3 rings (SSSR count). The Morgan fingerprint density at radius 2 is 1.62 bits per heavy atom. The fraction of sp³-hybridized carbons (Fsp3) is 0.286. The highest BCUT2D eigenvalue weighted by atomic mass is 15.2. The highest BCUT2D eigenvalue weighted by molar-refractivity contribution is 5.80. The van der Waals surface area contributed by atoms with E-state index in [1.807, 2.05) is 30.5 Å². The molecule has 0 unspecified atom stereocenters. The number of piperazine rings is 1. The molecule has 0 N–H and O–H groups in total. The van der Waals surface area contributed by atoms with E-state index in [-0.39, 0.29) is 0 Å². The second-order valence-corrected chi connectivity index (χ2v) is 6.26. The average molecular weight is 319 g/mol. The first kappa shape index (κ1) is 16.6. The Morgan fingerprint density at radius 3 is 2.42 bits per heavy atom. The van der Waals surface area contributed by atoms with Gasteiger partial charge in [-0.3, -0.25) is 9.89 Å². The summed E-state index contributed by atoms with van der Waals surface area (Å²) in [7, 11) is 2.19. The maximum absolute atomic E-state index is 4.65. The summed E-state index contributed by atoms with van der Waals surface area (Å²) in [4.78, 5) is 9.54. The minimum atomic E-state index is 0.976. The van der Waals surface area contributed by atoms with Crippen LogP contribution in [0.25, 0.3) is 6.08 Å². The van der Waals surface area contributed by atoms with Crippen molar-refractivity contribution in [3.05, 3.63) is 71.8 Å². The molecule has 0 aliphatic carbocycles. The molecule has 0 atom stereocenters. The number of rotatable bonds is 5. The van der Waals surface area contributed by atoms with Gasteiger partial charge in [0.15, 0.2) is 0 Å². The van der Waals surface area contributed by atoms with E-state index in [9.17, 15) is 0 Å². The number of allylic oxidation sites excluding steroid dienone is 1. The van der Waals surface area contributed by atoms with E-state index in [2.05, 4.69) is 64.3 Å². The van der Waals surface area contributed by atoms with Crippen molar-refractivity contribution in [1.82, 2.24) is 9.80 Å². The molecule has 124 valence electrons. The van der Waals surface area contributed by atoms with Gasteiger partial charge in [0.05, 0.1) is 5.69 Å². The third kappa shape index (κ3) is 4.88. The van der Waals surface area contributed by atoms with Crippen LogP contribution in [-0.4, -0.2) is 49.2 Å². The number of hydrogen-bond acceptors (Lipinski definition) is 3. The zero-order valence-electron chi connectivity index (χ0n) is 14.3. The molecule has 1 fully saturated rings. The fourth-order valence-corrected chi connectivity index (χ4v) is 2.86. The van der Waals surface area contributed by atoms with E-state index in [1.165, 1.54) is 11.1 Å². The van der Waals surface area contributed by atoms with Crippen LogP contribution in [0, 0.1) is 0 Å². The number of hydrogen-bond donors (Lipinski definition) is 0. The van der Waals surface area contributed by atoms with Crippen molar-refractivity contribution >= 4 is 18.0 Å². The van der Waals surface area contributed by atoms with Crippen LogP contribution in [0.4, 0.5) is 5.69 Å². The predicted octanol–water partition coefficient (Wildman–Crippen LogP) is 3.85. The molecule has 2 aromatic rings. The Bertz CT molecular complexity index is 683. The zero-order chi connectivity index (χ0) is 16.6. The molecule has 0 saturated carbocycles. The van der Waals surface area contributed by atoms with Gasteiger partial charge in [0, 0.05) is 38.9 Å². The summed E-state index contributed by atoms with van der Waals surface area (Å²) < 4.78 is 0. The average Bonchev–Trinajstić information content (AvgIpc) is 2.63. The Hall–Kier alpha value is -2.23. The van der Waals surface area contributed by atoms with Crippen LogP contribution >= 0.6 is 0 Å². The highest BCUT2D eigenvalue weighted by Crippen LogP contribution is 2.20. The first-order valence-electron chi connectivity index (χ1n) is 8.56. The lowest BCUT2D eigenvalue weighted by molar-refractivity contribution is 0.148. The van der Waals surface area contributed by atoms with E-state index in [1.54, 1.807) is 0 Å². The van der Waals surface area contributed by atoms with Crippen LogP contribution in [0.5, 0.6) is 0 Å². The van der Waals surface area contributed by atoms with Crippen LogP contribution in [-0.2, 0) is 6.54 Å². The summed E-state index contributed by atoms with van der Waals surface area (Å²) in [6.45, 7) is 5.52. The van der Waals surface area contributed by atoms with Crippen LogP contribution < -0.4 is 0 Å². The molecular weight excluding hydrogens is 294 g/mol. The van der Waals surface area contributed by atoms with Gasteiger partial charge >= 0.3 is 0 Å². The Labute approximate surface area is 144 Å². The third-order valence-corrected chi connectivity index (χ3v) is 4.37. The molecular formula is C21H25N3. The van der Waals surface area contributed by atoms with E-state index in [0.717, 1.165) is 38.4 Å². The van der Waals surface area contributed by atoms with Gasteiger partial charge in [-0.1, -0.05) is 54.6 Å². The van der Waals surface area contributed by atoms with Gasteiger partial charge in [0.25, 0.3) is 0 Å². The van der Waals surface area contributed by atoms with E-state index in [0.29, 0.717) is 0 Å². The van der Waals surface area contributed by atoms with Crippen molar-refractivity contribution in [3.8, 4) is 0 Å². The van der Waals surface area contributed by atoms with Crippen molar-refractivity contribution in [1.29, 1.82) is 0 Å². The highest BCUT2D eigenvalue weighted by Gasteiger charge is 2.14. The second kappa shape index (κ2) is 8.57. The van der Waals surface area contributed by atoms with E-state index < -0.39 is 0 Å². The predicted molar refractivity (Wildman–Crippen MR) is 103 cm³/mol. The maximum Gasteiger partial charge on any atom is 0.0674 e. The van der Waals surface area contributed by atoms with Gasteiger partial charge in [-0.05, 0) is 30.3 Å². The van der Waals surface area contributed by atoms with Crippen LogP contribution in [0.15, 0.2) is 65.7 Å². The Morgan fingerprint density at radius 1 is 0.917 bits per heavy atom. The van der Waals surface area contributed by atoms with Gasteiger partial charge in [0.1, 0.15) is 0 Å². The second-order valence-electron chi connectivity index (χ2n) is 6.26. The minimum absolute atomic E-state index is 0.976. The monoisotopic (exact) mass is 319 g/mol. The molecule has 0 spiro atoms. The quantitative estimate of drug-likeness (QED) is 0.780. The smallest absolute Gasteiger partial charge is 0.0674 e. The molecule has 24 heavy (non-hydrogen) atoms. The SMILES string of the molecule is CN1CCN(Cc2ccccc2N=C/C=C/c2ccccc2)CC1. The molecule has 0 bridgehead atoms. The third-order valence-electron chi connectivity index (χ3n) is 4.37. The molecule has 2 aromatic carbocycles. The number of aliphatic imine (C=N–C) groups is 1. The normalized spacial score (nSPS) is 17.0. The lowest BCUT2D eigenvalue weighted by atomic mass is 10.1. The fourth-order valence-electron chi connectivity index (χ4n) is 2.86. The molecule has 1 heterocycles. The molecule has 3 nitrogen and oxygen atoms in total. The largest absolute Gasteiger partial charge is 0.304 e. The zero-order valence-corrected chi connectivity index (χ0v) is 14.3. The summed E-state index contributed by atoms with van der Waals surface area (Å²) in [6, 6.07) is 18.7. The number of likely N-dealkylation sites (N-methyl/N-ethyl adjacent to an activating group) is 1. The molecule has 1 aliphatic rings. The molecule has 1 aliphatic heterocycles. The van der Waals surface area contributed by atoms with Gasteiger partial charge in [-0.25, -0.2) is 0 Å². The number of para-hydroxylation sites is 1. The van der Waals surface area contributed by atoms with E-state index in [4.69, 9.17) is 0 Å². The summed E-state index contributed by atoms with van der Waals surface area (Å²) in [5.74, 6) is 0. The van der Waals surface area contributed by atoms with Crippen molar-refractivity contribution in [2.45, 2.75) is 6.54 Å². The van der Waals surface area contributed by atoms with Gasteiger partial charge in [0.2, 0.25) is 0 Å². The Balaban J connectivity index is 1.63. The summed E-state index contributed by atoms with van der Waals surface area (Å²) >= 11 is 0. The number of nitrogens with zero attached hydrogens (tertiary/aromatic N) is 3. The Kier molecular flexibility index (Phi) is 5.94. The van der Waals surface area contributed by atoms with Crippen molar-refractivity contribution in [2.24, 2.45) is 4.99 Å². The molecule has 1 saturated heterocycles. The van der Waals surface area contributed by atoms with Crippen LogP contribution in [0.3, 0.4) is 0 Å². The van der Waals surface area contributed by atoms with Gasteiger partial charge in [-0.2, -0.15) is 0 Å². The molecule has 3 heteroatoms. The standard InChI is InChI=1S/C21H25N3/c1-23-14-16-24(17-15-23)18-20-11-5-6-12-21(20)22-13-7-10-19-8-3-2-4-9-19/h2-13H,14-18H2,1H3/b10-7+,22-13?. The first-order chi connectivity index (χ1) is 11.8. The maximum atomic E-state index is 4.65. The van der Waals surface area contributed by atoms with Gasteiger partial charge in [-0.15, -0.1) is 0 Å². The lowest BCUT2D eigenvalue weighted by Gasteiger charge is -2.32.